The van der Waals surface area contributed by atoms with Crippen LogP contribution in [0.1, 0.15) is 42.3 Å². The Hall–Kier alpha value is -2.61. The van der Waals surface area contributed by atoms with Crippen LogP contribution in [0.15, 0.2) is 41.4 Å². The normalized spacial score (nSPS) is 15.7. The van der Waals surface area contributed by atoms with Gasteiger partial charge in [0.15, 0.2) is 17.3 Å². The smallest absolute Gasteiger partial charge is 0.202 e. The number of ether oxygens (including phenoxy) is 2. The molecule has 0 saturated heterocycles. The summed E-state index contributed by atoms with van der Waals surface area (Å²) in [4.78, 5) is 10.5. The molecule has 0 aromatic heterocycles. The molecule has 2 aromatic rings. The van der Waals surface area contributed by atoms with Crippen molar-refractivity contribution in [2.24, 2.45) is 4.99 Å². The van der Waals surface area contributed by atoms with Gasteiger partial charge in [0.05, 0.1) is 19.8 Å². The van der Waals surface area contributed by atoms with Crippen molar-refractivity contribution in [1.82, 2.24) is 10.8 Å². The van der Waals surface area contributed by atoms with E-state index in [0.29, 0.717) is 43.6 Å². The van der Waals surface area contributed by atoms with Gasteiger partial charge >= 0.3 is 0 Å². The lowest BCUT2D eigenvalue weighted by atomic mass is 10.0. The molecule has 0 saturated carbocycles. The van der Waals surface area contributed by atoms with Crippen LogP contribution in [0.5, 0.6) is 11.5 Å². The molecule has 2 aromatic carbocycles. The summed E-state index contributed by atoms with van der Waals surface area (Å²) in [6, 6.07) is 11.8. The summed E-state index contributed by atoms with van der Waals surface area (Å²) in [7, 11) is 0. The lowest BCUT2D eigenvalue weighted by molar-refractivity contribution is 0.0375. The summed E-state index contributed by atoms with van der Waals surface area (Å²) >= 11 is 0. The van der Waals surface area contributed by atoms with E-state index >= 15 is 0 Å². The molecule has 3 rings (SSSR count). The topological polar surface area (TPSA) is 84.3 Å². The number of aliphatic hydroxyl groups is 1. The summed E-state index contributed by atoms with van der Waals surface area (Å²) in [6.07, 6.45) is -0.463. The Balaban J connectivity index is 1.82. The molecule has 0 amide bonds. The zero-order valence-corrected chi connectivity index (χ0v) is 17.2. The van der Waals surface area contributed by atoms with Crippen molar-refractivity contribution in [2.45, 2.75) is 33.5 Å². The summed E-state index contributed by atoms with van der Waals surface area (Å²) in [5.41, 5.74) is 7.12. The third kappa shape index (κ3) is 5.06. The fourth-order valence-electron chi connectivity index (χ4n) is 3.20. The number of hydroxylamine groups is 1. The molecule has 1 aliphatic rings. The molecule has 1 heterocycles. The number of nitrogens with zero attached hydrogens (tertiary/aromatic N) is 1. The average Bonchev–Trinajstić information content (AvgIpc) is 3.21. The number of hydrogen-bond donors (Lipinski definition) is 3. The van der Waals surface area contributed by atoms with Crippen LogP contribution in [-0.4, -0.2) is 37.3 Å². The highest BCUT2D eigenvalue weighted by atomic mass is 16.7. The zero-order chi connectivity index (χ0) is 20.6. The lowest BCUT2D eigenvalue weighted by Crippen LogP contribution is -2.21. The predicted octanol–water partition coefficient (Wildman–Crippen LogP) is 2.85. The van der Waals surface area contributed by atoms with Crippen LogP contribution in [0.3, 0.4) is 0 Å². The van der Waals surface area contributed by atoms with E-state index in [1.54, 1.807) is 0 Å². The van der Waals surface area contributed by atoms with Crippen LogP contribution in [0, 0.1) is 6.92 Å². The molecule has 156 valence electrons. The minimum atomic E-state index is -0.463. The van der Waals surface area contributed by atoms with Crippen molar-refractivity contribution in [3.8, 4) is 11.5 Å². The molecular formula is C22H29N3O4. The Labute approximate surface area is 171 Å². The number of nitrogens with one attached hydrogen (secondary N) is 2. The maximum absolute atomic E-state index is 8.95. The largest absolute Gasteiger partial charge is 0.490 e. The van der Waals surface area contributed by atoms with E-state index in [0.717, 1.165) is 22.3 Å². The van der Waals surface area contributed by atoms with Gasteiger partial charge in [-0.25, -0.2) is 15.3 Å². The van der Waals surface area contributed by atoms with Crippen molar-refractivity contribution in [3.63, 3.8) is 0 Å². The molecule has 7 nitrogen and oxygen atoms in total. The van der Waals surface area contributed by atoms with Crippen LogP contribution in [0.4, 0.5) is 0 Å². The van der Waals surface area contributed by atoms with Gasteiger partial charge in [-0.05, 0) is 44.0 Å². The minimum absolute atomic E-state index is 0.119. The third-order valence-electron chi connectivity index (χ3n) is 4.67. The highest BCUT2D eigenvalue weighted by molar-refractivity contribution is 6.00. The van der Waals surface area contributed by atoms with Crippen LogP contribution < -0.4 is 20.3 Å². The Morgan fingerprint density at radius 3 is 2.69 bits per heavy atom. The standard InChI is InChI=1S/C22H29N3O4/c1-4-27-19-10-9-16(13-20(19)28-5-2)22-24-21(25-29-22)18-8-6-7-17(15(18)3)14-23-11-12-26/h6-10,13,22-23,26H,4-5,11-12,14H2,1-3H3,(H,24,25). The van der Waals surface area contributed by atoms with Gasteiger partial charge in [-0.15, -0.1) is 0 Å². The van der Waals surface area contributed by atoms with Crippen LogP contribution in [0.25, 0.3) is 0 Å². The second kappa shape index (κ2) is 10.2. The Morgan fingerprint density at radius 2 is 1.93 bits per heavy atom. The van der Waals surface area contributed by atoms with E-state index in [1.807, 2.05) is 44.2 Å². The van der Waals surface area contributed by atoms with Gasteiger partial charge in [-0.3, -0.25) is 0 Å². The first kappa shape index (κ1) is 21.1. The molecule has 0 bridgehead atoms. The van der Waals surface area contributed by atoms with Gasteiger partial charge in [-0.2, -0.15) is 0 Å². The van der Waals surface area contributed by atoms with Gasteiger partial charge in [0, 0.05) is 24.2 Å². The number of aliphatic imine (C=N–C) groups is 1. The molecule has 0 fully saturated rings. The van der Waals surface area contributed by atoms with Crippen molar-refractivity contribution >= 4 is 5.84 Å². The molecule has 3 N–H and O–H groups in total. The monoisotopic (exact) mass is 399 g/mol. The second-order valence-corrected chi connectivity index (χ2v) is 6.61. The van der Waals surface area contributed by atoms with Crippen LogP contribution >= 0.6 is 0 Å². The molecule has 7 heteroatoms. The van der Waals surface area contributed by atoms with Crippen molar-refractivity contribution in [1.29, 1.82) is 0 Å². The van der Waals surface area contributed by atoms with E-state index < -0.39 is 6.23 Å². The quantitative estimate of drug-likeness (QED) is 0.533. The number of hydrogen-bond acceptors (Lipinski definition) is 7. The Kier molecular flexibility index (Phi) is 7.46. The fraction of sp³-hybridized carbons (Fsp3) is 0.409. The molecule has 0 aliphatic carbocycles. The first-order valence-electron chi connectivity index (χ1n) is 9.97. The first-order chi connectivity index (χ1) is 14.2. The first-order valence-corrected chi connectivity index (χ1v) is 9.97. The maximum Gasteiger partial charge on any atom is 0.202 e. The molecular weight excluding hydrogens is 370 g/mol. The summed E-state index contributed by atoms with van der Waals surface area (Å²) in [5.74, 6) is 2.10. The molecule has 0 spiro atoms. The van der Waals surface area contributed by atoms with Gasteiger partial charge in [0.1, 0.15) is 0 Å². The molecule has 1 aliphatic heterocycles. The molecule has 1 unspecified atom stereocenters. The van der Waals surface area contributed by atoms with Crippen molar-refractivity contribution in [3.05, 3.63) is 58.7 Å². The van der Waals surface area contributed by atoms with Gasteiger partial charge in [0.2, 0.25) is 6.23 Å². The van der Waals surface area contributed by atoms with E-state index in [1.165, 1.54) is 0 Å². The predicted molar refractivity (Wildman–Crippen MR) is 112 cm³/mol. The number of benzene rings is 2. The lowest BCUT2D eigenvalue weighted by Gasteiger charge is -2.13. The average molecular weight is 399 g/mol. The van der Waals surface area contributed by atoms with E-state index in [-0.39, 0.29) is 6.61 Å². The molecule has 29 heavy (non-hydrogen) atoms. The highest BCUT2D eigenvalue weighted by Gasteiger charge is 2.23. The third-order valence-corrected chi connectivity index (χ3v) is 4.67. The minimum Gasteiger partial charge on any atom is -0.490 e. The SMILES string of the molecule is CCOc1ccc(C2N=C(c3cccc(CNCCO)c3C)NO2)cc1OCC. The highest BCUT2D eigenvalue weighted by Crippen LogP contribution is 2.33. The molecule has 1 atom stereocenters. The maximum atomic E-state index is 8.95. The second-order valence-electron chi connectivity index (χ2n) is 6.61. The Morgan fingerprint density at radius 1 is 1.14 bits per heavy atom. The van der Waals surface area contributed by atoms with Crippen LogP contribution in [-0.2, 0) is 11.4 Å². The summed E-state index contributed by atoms with van der Waals surface area (Å²) < 4.78 is 11.3. The van der Waals surface area contributed by atoms with Gasteiger partial charge in [-0.1, -0.05) is 24.3 Å². The number of aliphatic hydroxyl groups excluding tert-OH is 1. The molecule has 0 radical (unpaired) electrons. The zero-order valence-electron chi connectivity index (χ0n) is 17.2. The number of rotatable bonds is 10. The van der Waals surface area contributed by atoms with E-state index in [9.17, 15) is 0 Å². The summed E-state index contributed by atoms with van der Waals surface area (Å²) in [6.45, 7) is 8.45. The van der Waals surface area contributed by atoms with E-state index in [2.05, 4.69) is 23.8 Å². The van der Waals surface area contributed by atoms with E-state index in [4.69, 9.17) is 24.4 Å². The fourth-order valence-corrected chi connectivity index (χ4v) is 3.20. The van der Waals surface area contributed by atoms with Gasteiger partial charge < -0.3 is 19.9 Å². The summed E-state index contributed by atoms with van der Waals surface area (Å²) in [5, 5.41) is 12.2. The van der Waals surface area contributed by atoms with Crippen LogP contribution in [0.2, 0.25) is 0 Å². The van der Waals surface area contributed by atoms with Crippen molar-refractivity contribution < 1.29 is 19.4 Å². The Bertz CT molecular complexity index is 854. The number of amidine groups is 1. The van der Waals surface area contributed by atoms with Gasteiger partial charge in [0.25, 0.3) is 0 Å². The van der Waals surface area contributed by atoms with Crippen molar-refractivity contribution in [2.75, 3.05) is 26.4 Å².